The molecule has 4 N–H and O–H groups in total. The highest BCUT2D eigenvalue weighted by Gasteiger charge is 2.28. The van der Waals surface area contributed by atoms with Gasteiger partial charge in [-0.05, 0) is 36.5 Å². The number of nitrogens with one attached hydrogen (secondary N) is 1. The van der Waals surface area contributed by atoms with Crippen molar-refractivity contribution in [2.45, 2.75) is 31.3 Å². The molecule has 0 spiro atoms. The third kappa shape index (κ3) is 3.44. The first-order chi connectivity index (χ1) is 9.69. The molecule has 1 saturated carbocycles. The SMILES string of the molecule is COc1ccc(C(CN)NC2CCCC2CO)cc1Cl. The van der Waals surface area contributed by atoms with Crippen LogP contribution < -0.4 is 15.8 Å². The Bertz CT molecular complexity index is 442. The second-order valence-corrected chi connectivity index (χ2v) is 5.74. The molecule has 0 aromatic heterocycles. The Balaban J connectivity index is 2.09. The van der Waals surface area contributed by atoms with Gasteiger partial charge in [0.25, 0.3) is 0 Å². The molecular weight excluding hydrogens is 276 g/mol. The third-order valence-electron chi connectivity index (χ3n) is 4.12. The zero-order valence-corrected chi connectivity index (χ0v) is 12.6. The summed E-state index contributed by atoms with van der Waals surface area (Å²) in [5.74, 6) is 0.998. The van der Waals surface area contributed by atoms with Crippen LogP contribution in [-0.4, -0.2) is 31.4 Å². The van der Waals surface area contributed by atoms with E-state index in [1.165, 1.54) is 0 Å². The van der Waals surface area contributed by atoms with Crippen LogP contribution >= 0.6 is 11.6 Å². The zero-order valence-electron chi connectivity index (χ0n) is 11.8. The molecule has 3 atom stereocenters. The van der Waals surface area contributed by atoms with E-state index in [1.54, 1.807) is 7.11 Å². The van der Waals surface area contributed by atoms with Crippen LogP contribution in [0.4, 0.5) is 0 Å². The van der Waals surface area contributed by atoms with Gasteiger partial charge in [0.05, 0.1) is 12.1 Å². The molecular formula is C15H23ClN2O2. The Kier molecular flexibility index (Phi) is 5.66. The van der Waals surface area contributed by atoms with Crippen molar-refractivity contribution in [3.8, 4) is 5.75 Å². The zero-order chi connectivity index (χ0) is 14.5. The molecule has 1 aliphatic rings. The summed E-state index contributed by atoms with van der Waals surface area (Å²) >= 11 is 6.17. The van der Waals surface area contributed by atoms with Crippen LogP contribution in [0, 0.1) is 5.92 Å². The minimum Gasteiger partial charge on any atom is -0.495 e. The van der Waals surface area contributed by atoms with Crippen molar-refractivity contribution in [2.75, 3.05) is 20.3 Å². The van der Waals surface area contributed by atoms with Gasteiger partial charge in [-0.3, -0.25) is 0 Å². The van der Waals surface area contributed by atoms with Gasteiger partial charge in [0, 0.05) is 25.2 Å². The van der Waals surface area contributed by atoms with E-state index in [-0.39, 0.29) is 12.6 Å². The van der Waals surface area contributed by atoms with Crippen LogP contribution in [0.2, 0.25) is 5.02 Å². The smallest absolute Gasteiger partial charge is 0.137 e. The average molecular weight is 299 g/mol. The quantitative estimate of drug-likeness (QED) is 0.752. The van der Waals surface area contributed by atoms with Gasteiger partial charge in [-0.1, -0.05) is 24.1 Å². The number of hydrogen-bond acceptors (Lipinski definition) is 4. The van der Waals surface area contributed by atoms with Gasteiger partial charge >= 0.3 is 0 Å². The average Bonchev–Trinajstić information content (AvgIpc) is 2.91. The number of benzene rings is 1. The van der Waals surface area contributed by atoms with Crippen molar-refractivity contribution in [3.05, 3.63) is 28.8 Å². The van der Waals surface area contributed by atoms with Crippen LogP contribution in [0.3, 0.4) is 0 Å². The summed E-state index contributed by atoms with van der Waals surface area (Å²) in [6.45, 7) is 0.732. The molecule has 1 fully saturated rings. The number of aliphatic hydroxyl groups excluding tert-OH is 1. The van der Waals surface area contributed by atoms with E-state index in [2.05, 4.69) is 5.32 Å². The van der Waals surface area contributed by atoms with E-state index in [0.29, 0.717) is 29.3 Å². The number of methoxy groups -OCH3 is 1. The van der Waals surface area contributed by atoms with Gasteiger partial charge in [0.15, 0.2) is 0 Å². The molecule has 20 heavy (non-hydrogen) atoms. The Morgan fingerprint density at radius 1 is 1.50 bits per heavy atom. The van der Waals surface area contributed by atoms with Crippen molar-refractivity contribution >= 4 is 11.6 Å². The van der Waals surface area contributed by atoms with E-state index in [9.17, 15) is 5.11 Å². The normalized spacial score (nSPS) is 23.8. The number of ether oxygens (including phenoxy) is 1. The molecule has 3 unspecified atom stereocenters. The lowest BCUT2D eigenvalue weighted by atomic mass is 10.0. The second-order valence-electron chi connectivity index (χ2n) is 5.33. The van der Waals surface area contributed by atoms with Crippen LogP contribution in [-0.2, 0) is 0 Å². The third-order valence-corrected chi connectivity index (χ3v) is 4.42. The van der Waals surface area contributed by atoms with E-state index in [4.69, 9.17) is 22.1 Å². The fraction of sp³-hybridized carbons (Fsp3) is 0.600. The Morgan fingerprint density at radius 3 is 2.90 bits per heavy atom. The van der Waals surface area contributed by atoms with Crippen molar-refractivity contribution in [1.82, 2.24) is 5.32 Å². The molecule has 0 amide bonds. The van der Waals surface area contributed by atoms with E-state index >= 15 is 0 Å². The first-order valence-electron chi connectivity index (χ1n) is 7.10. The minimum absolute atomic E-state index is 0.0514. The summed E-state index contributed by atoms with van der Waals surface area (Å²) in [7, 11) is 1.60. The summed E-state index contributed by atoms with van der Waals surface area (Å²) < 4.78 is 5.16. The molecule has 112 valence electrons. The number of aliphatic hydroxyl groups is 1. The highest BCUT2D eigenvalue weighted by atomic mass is 35.5. The van der Waals surface area contributed by atoms with Crippen molar-refractivity contribution in [3.63, 3.8) is 0 Å². The topological polar surface area (TPSA) is 67.5 Å². The molecule has 5 heteroatoms. The predicted molar refractivity (Wildman–Crippen MR) is 81.1 cm³/mol. The highest BCUT2D eigenvalue weighted by molar-refractivity contribution is 6.32. The highest BCUT2D eigenvalue weighted by Crippen LogP contribution is 2.30. The van der Waals surface area contributed by atoms with Gasteiger partial charge in [0.1, 0.15) is 5.75 Å². The molecule has 1 aromatic rings. The number of nitrogens with two attached hydrogens (primary N) is 1. The fourth-order valence-electron chi connectivity index (χ4n) is 2.93. The van der Waals surface area contributed by atoms with Crippen LogP contribution in [0.1, 0.15) is 30.9 Å². The molecule has 0 bridgehead atoms. The minimum atomic E-state index is 0.0514. The lowest BCUT2D eigenvalue weighted by Crippen LogP contribution is -2.39. The summed E-state index contributed by atoms with van der Waals surface area (Å²) in [6.07, 6.45) is 3.32. The number of halogens is 1. The van der Waals surface area contributed by atoms with Crippen molar-refractivity contribution < 1.29 is 9.84 Å². The number of hydrogen-bond donors (Lipinski definition) is 3. The lowest BCUT2D eigenvalue weighted by Gasteiger charge is -2.26. The summed E-state index contributed by atoms with van der Waals surface area (Å²) in [5.41, 5.74) is 6.95. The maximum atomic E-state index is 9.40. The molecule has 0 aliphatic heterocycles. The second kappa shape index (κ2) is 7.27. The van der Waals surface area contributed by atoms with Crippen molar-refractivity contribution in [2.24, 2.45) is 11.7 Å². The van der Waals surface area contributed by atoms with E-state index in [0.717, 1.165) is 24.8 Å². The Labute approximate surface area is 125 Å². The van der Waals surface area contributed by atoms with Crippen molar-refractivity contribution in [1.29, 1.82) is 0 Å². The lowest BCUT2D eigenvalue weighted by molar-refractivity contribution is 0.200. The van der Waals surface area contributed by atoms with Gasteiger partial charge < -0.3 is 20.9 Å². The van der Waals surface area contributed by atoms with Crippen LogP contribution in [0.5, 0.6) is 5.75 Å². The molecule has 0 heterocycles. The maximum absolute atomic E-state index is 9.40. The first-order valence-corrected chi connectivity index (χ1v) is 7.47. The molecule has 4 nitrogen and oxygen atoms in total. The standard InChI is InChI=1S/C15H23ClN2O2/c1-20-15-6-5-10(7-12(15)16)14(8-17)18-13-4-2-3-11(13)9-19/h5-7,11,13-14,18-19H,2-4,8-9,17H2,1H3. The first kappa shape index (κ1) is 15.6. The monoisotopic (exact) mass is 298 g/mol. The molecule has 0 saturated heterocycles. The summed E-state index contributed by atoms with van der Waals surface area (Å²) in [5, 5.41) is 13.6. The molecule has 1 aliphatic carbocycles. The Hall–Kier alpha value is -0.810. The van der Waals surface area contributed by atoms with E-state index in [1.807, 2.05) is 18.2 Å². The van der Waals surface area contributed by atoms with E-state index < -0.39 is 0 Å². The van der Waals surface area contributed by atoms with Crippen LogP contribution in [0.15, 0.2) is 18.2 Å². The van der Waals surface area contributed by atoms with Gasteiger partial charge in [-0.15, -0.1) is 0 Å². The molecule has 1 aromatic carbocycles. The molecule has 2 rings (SSSR count). The predicted octanol–water partition coefficient (Wildman–Crippen LogP) is 2.10. The summed E-state index contributed by atoms with van der Waals surface area (Å²) in [4.78, 5) is 0. The fourth-order valence-corrected chi connectivity index (χ4v) is 3.20. The summed E-state index contributed by atoms with van der Waals surface area (Å²) in [6, 6.07) is 6.12. The van der Waals surface area contributed by atoms with Gasteiger partial charge in [0.2, 0.25) is 0 Å². The number of rotatable bonds is 6. The maximum Gasteiger partial charge on any atom is 0.137 e. The molecule has 0 radical (unpaired) electrons. The Morgan fingerprint density at radius 2 is 2.30 bits per heavy atom. The van der Waals surface area contributed by atoms with Gasteiger partial charge in [-0.2, -0.15) is 0 Å². The van der Waals surface area contributed by atoms with Gasteiger partial charge in [-0.25, -0.2) is 0 Å². The largest absolute Gasteiger partial charge is 0.495 e. The van der Waals surface area contributed by atoms with Crippen LogP contribution in [0.25, 0.3) is 0 Å².